The molecule has 0 aromatic carbocycles. The van der Waals surface area contributed by atoms with Gasteiger partial charge < -0.3 is 5.32 Å². The lowest BCUT2D eigenvalue weighted by molar-refractivity contribution is -0.122. The van der Waals surface area contributed by atoms with Gasteiger partial charge in [-0.2, -0.15) is 0 Å². The van der Waals surface area contributed by atoms with Crippen molar-refractivity contribution in [2.75, 3.05) is 0 Å². The summed E-state index contributed by atoms with van der Waals surface area (Å²) >= 11 is 0. The van der Waals surface area contributed by atoms with Gasteiger partial charge in [0.25, 0.3) is 0 Å². The Bertz CT molecular complexity index is 222. The summed E-state index contributed by atoms with van der Waals surface area (Å²) < 4.78 is 0. The van der Waals surface area contributed by atoms with Gasteiger partial charge in [0, 0.05) is 20.0 Å². The highest BCUT2D eigenvalue weighted by molar-refractivity contribution is 6.76. The smallest absolute Gasteiger partial charge is 0.223 e. The van der Waals surface area contributed by atoms with E-state index in [9.17, 15) is 4.79 Å². The van der Waals surface area contributed by atoms with E-state index < -0.39 is 8.07 Å². The van der Waals surface area contributed by atoms with Crippen LogP contribution in [0.1, 0.15) is 32.6 Å². The molecule has 15 heavy (non-hydrogen) atoms. The van der Waals surface area contributed by atoms with E-state index in [1.807, 2.05) is 0 Å². The molecule has 0 aromatic rings. The number of carbonyl (C=O) groups is 1. The molecule has 3 heteroatoms. The third kappa shape index (κ3) is 4.37. The first kappa shape index (κ1) is 12.8. The van der Waals surface area contributed by atoms with Crippen LogP contribution in [-0.2, 0) is 4.79 Å². The zero-order valence-electron chi connectivity index (χ0n) is 10.6. The third-order valence-corrected chi connectivity index (χ3v) is 5.11. The highest BCUT2D eigenvalue weighted by Gasteiger charge is 2.30. The molecular formula is C12H25NOSi. The minimum Gasteiger partial charge on any atom is -0.353 e. The van der Waals surface area contributed by atoms with E-state index in [4.69, 9.17) is 0 Å². The first-order valence-electron chi connectivity index (χ1n) is 6.23. The van der Waals surface area contributed by atoms with Gasteiger partial charge in [0.15, 0.2) is 0 Å². The summed E-state index contributed by atoms with van der Waals surface area (Å²) in [6.07, 6.45) is 4.54. The number of nitrogens with one attached hydrogen (secondary N) is 1. The highest BCUT2D eigenvalue weighted by atomic mass is 28.3. The Balaban J connectivity index is 2.22. The molecule has 1 amide bonds. The zero-order valence-corrected chi connectivity index (χ0v) is 11.6. The third-order valence-electron chi connectivity index (χ3n) is 3.26. The topological polar surface area (TPSA) is 29.1 Å². The van der Waals surface area contributed by atoms with Gasteiger partial charge in [0.05, 0.1) is 0 Å². The molecule has 1 aliphatic rings. The lowest BCUT2D eigenvalue weighted by Gasteiger charge is -2.17. The van der Waals surface area contributed by atoms with E-state index >= 15 is 0 Å². The Morgan fingerprint density at radius 1 is 1.40 bits per heavy atom. The second-order valence-electron chi connectivity index (χ2n) is 6.00. The summed E-state index contributed by atoms with van der Waals surface area (Å²) in [6.45, 7) is 9.34. The number of amides is 1. The normalized spacial score (nSPS) is 26.8. The van der Waals surface area contributed by atoms with Gasteiger partial charge in [-0.3, -0.25) is 4.79 Å². The monoisotopic (exact) mass is 227 g/mol. The Kier molecular flexibility index (Phi) is 4.38. The molecule has 0 saturated carbocycles. The number of hydrogen-bond donors (Lipinski definition) is 1. The number of hydrogen-bond acceptors (Lipinski definition) is 1. The van der Waals surface area contributed by atoms with Crippen LogP contribution in [0.15, 0.2) is 0 Å². The molecule has 2 nitrogen and oxygen atoms in total. The summed E-state index contributed by atoms with van der Waals surface area (Å²) in [5, 5.41) is 3.12. The average Bonchev–Trinajstić information content (AvgIpc) is 2.44. The molecule has 1 fully saturated rings. The first-order valence-corrected chi connectivity index (χ1v) is 9.93. The molecule has 1 rings (SSSR count). The van der Waals surface area contributed by atoms with Crippen LogP contribution in [0.3, 0.4) is 0 Å². The predicted octanol–water partition coefficient (Wildman–Crippen LogP) is 3.02. The Morgan fingerprint density at radius 3 is 2.53 bits per heavy atom. The van der Waals surface area contributed by atoms with Crippen molar-refractivity contribution in [2.45, 2.75) is 64.3 Å². The second-order valence-corrected chi connectivity index (χ2v) is 11.6. The largest absolute Gasteiger partial charge is 0.353 e. The van der Waals surface area contributed by atoms with Crippen molar-refractivity contribution in [3.8, 4) is 0 Å². The van der Waals surface area contributed by atoms with Crippen LogP contribution >= 0.6 is 0 Å². The van der Waals surface area contributed by atoms with Gasteiger partial charge in [0.1, 0.15) is 0 Å². The first-order chi connectivity index (χ1) is 6.92. The summed E-state index contributed by atoms with van der Waals surface area (Å²) in [5.41, 5.74) is 0. The maximum atomic E-state index is 11.5. The Labute approximate surface area is 94.8 Å². The summed E-state index contributed by atoms with van der Waals surface area (Å²) in [4.78, 5) is 11.5. The Morgan fingerprint density at radius 2 is 2.07 bits per heavy atom. The van der Waals surface area contributed by atoms with Crippen molar-refractivity contribution in [1.29, 1.82) is 0 Å². The molecule has 0 radical (unpaired) electrons. The van der Waals surface area contributed by atoms with Gasteiger partial charge in [-0.05, 0) is 19.3 Å². The molecule has 0 aromatic heterocycles. The van der Waals surface area contributed by atoms with Crippen LogP contribution in [0.4, 0.5) is 0 Å². The van der Waals surface area contributed by atoms with Gasteiger partial charge in [-0.1, -0.05) is 39.0 Å². The molecule has 0 aliphatic carbocycles. The van der Waals surface area contributed by atoms with Crippen molar-refractivity contribution < 1.29 is 4.79 Å². The average molecular weight is 227 g/mol. The zero-order chi connectivity index (χ0) is 11.5. The van der Waals surface area contributed by atoms with Crippen molar-refractivity contribution in [2.24, 2.45) is 5.92 Å². The van der Waals surface area contributed by atoms with Gasteiger partial charge in [0.2, 0.25) is 5.91 Å². The fourth-order valence-electron chi connectivity index (χ4n) is 2.25. The van der Waals surface area contributed by atoms with Crippen LogP contribution in [0.25, 0.3) is 0 Å². The standard InChI is InChI=1S/C12H25NOSi/c1-5-10-9-11(13-12(10)14)7-6-8-15(2,3)4/h10-11H,5-9H2,1-4H3,(H,13,14)/t10-,11+/m1/s1. The minimum absolute atomic E-state index is 0.288. The van der Waals surface area contributed by atoms with Crippen molar-refractivity contribution in [3.63, 3.8) is 0 Å². The molecule has 0 spiro atoms. The van der Waals surface area contributed by atoms with Crippen molar-refractivity contribution in [1.82, 2.24) is 5.32 Å². The maximum Gasteiger partial charge on any atom is 0.223 e. The lowest BCUT2D eigenvalue weighted by atomic mass is 10.0. The molecular weight excluding hydrogens is 202 g/mol. The SMILES string of the molecule is CC[C@@H]1C[C@H](CCC[Si](C)(C)C)NC1=O. The molecule has 1 heterocycles. The summed E-state index contributed by atoms with van der Waals surface area (Å²) in [5.74, 6) is 0.581. The van der Waals surface area contributed by atoms with Crippen LogP contribution in [0.2, 0.25) is 25.7 Å². The van der Waals surface area contributed by atoms with Crippen molar-refractivity contribution >= 4 is 14.0 Å². The molecule has 88 valence electrons. The van der Waals surface area contributed by atoms with Crippen LogP contribution in [0.5, 0.6) is 0 Å². The molecule has 0 bridgehead atoms. The fourth-order valence-corrected chi connectivity index (χ4v) is 3.51. The highest BCUT2D eigenvalue weighted by Crippen LogP contribution is 2.23. The molecule has 1 N–H and O–H groups in total. The van der Waals surface area contributed by atoms with Gasteiger partial charge in [-0.25, -0.2) is 0 Å². The second kappa shape index (κ2) is 5.15. The number of carbonyl (C=O) groups excluding carboxylic acids is 1. The lowest BCUT2D eigenvalue weighted by Crippen LogP contribution is -2.27. The number of rotatable bonds is 5. The van der Waals surface area contributed by atoms with Gasteiger partial charge >= 0.3 is 0 Å². The predicted molar refractivity (Wildman–Crippen MR) is 67.7 cm³/mol. The van der Waals surface area contributed by atoms with E-state index in [2.05, 4.69) is 31.9 Å². The van der Waals surface area contributed by atoms with Crippen molar-refractivity contribution in [3.05, 3.63) is 0 Å². The molecule has 1 aliphatic heterocycles. The van der Waals surface area contributed by atoms with E-state index in [-0.39, 0.29) is 5.91 Å². The van der Waals surface area contributed by atoms with Crippen LogP contribution in [-0.4, -0.2) is 20.0 Å². The summed E-state index contributed by atoms with van der Waals surface area (Å²) in [6, 6.07) is 1.86. The van der Waals surface area contributed by atoms with Gasteiger partial charge in [-0.15, -0.1) is 0 Å². The molecule has 2 atom stereocenters. The summed E-state index contributed by atoms with van der Waals surface area (Å²) in [7, 11) is -0.884. The molecule has 1 saturated heterocycles. The van der Waals surface area contributed by atoms with E-state index in [1.54, 1.807) is 0 Å². The van der Waals surface area contributed by atoms with Crippen LogP contribution < -0.4 is 5.32 Å². The van der Waals surface area contributed by atoms with E-state index in [0.29, 0.717) is 12.0 Å². The van der Waals surface area contributed by atoms with E-state index in [0.717, 1.165) is 12.8 Å². The molecule has 0 unspecified atom stereocenters. The minimum atomic E-state index is -0.884. The Hall–Kier alpha value is -0.313. The fraction of sp³-hybridized carbons (Fsp3) is 0.917. The van der Waals surface area contributed by atoms with E-state index in [1.165, 1.54) is 18.9 Å². The van der Waals surface area contributed by atoms with Crippen LogP contribution in [0, 0.1) is 5.92 Å². The quantitative estimate of drug-likeness (QED) is 0.719. The maximum absolute atomic E-state index is 11.5.